The number of amides is 2. The molecule has 0 spiro atoms. The minimum absolute atomic E-state index is 0.0544. The van der Waals surface area contributed by atoms with Crippen molar-refractivity contribution < 1.29 is 19.1 Å². The molecule has 3 aliphatic heterocycles. The fourth-order valence-corrected chi connectivity index (χ4v) is 9.75. The van der Waals surface area contributed by atoms with Crippen LogP contribution in [0.15, 0.2) is 170 Å². The average Bonchev–Trinajstić information content (AvgIpc) is 3.73. The summed E-state index contributed by atoms with van der Waals surface area (Å²) in [6.45, 7) is 4.83. The number of carbonyl (C=O) groups is 2. The van der Waals surface area contributed by atoms with Crippen LogP contribution >= 0.6 is 0 Å². The van der Waals surface area contributed by atoms with Crippen LogP contribution in [0.5, 0.6) is 0 Å². The molecule has 0 aromatic heterocycles. The van der Waals surface area contributed by atoms with Crippen molar-refractivity contribution in [2.75, 3.05) is 9.80 Å². The number of ether oxygens (including phenoxy) is 2. The van der Waals surface area contributed by atoms with Crippen molar-refractivity contribution in [2.45, 2.75) is 81.4 Å². The van der Waals surface area contributed by atoms with Crippen molar-refractivity contribution >= 4 is 23.2 Å². The largest absolute Gasteiger partial charge is 0.345 e. The van der Waals surface area contributed by atoms with Crippen LogP contribution in [-0.4, -0.2) is 29.8 Å². The summed E-state index contributed by atoms with van der Waals surface area (Å²) in [6, 6.07) is 57.4. The third-order valence-corrected chi connectivity index (χ3v) is 12.2. The Morgan fingerprint density at radius 3 is 1.12 bits per heavy atom. The second kappa shape index (κ2) is 14.9. The van der Waals surface area contributed by atoms with E-state index in [1.165, 1.54) is 0 Å². The number of para-hydroxylation sites is 2. The highest BCUT2D eigenvalue weighted by Gasteiger charge is 2.58. The normalized spacial score (nSPS) is 23.5. The zero-order valence-electron chi connectivity index (χ0n) is 32.6. The molecule has 2 amide bonds. The predicted octanol–water partition coefficient (Wildman–Crippen LogP) is 9.74. The lowest BCUT2D eigenvalue weighted by Crippen LogP contribution is -2.48. The van der Waals surface area contributed by atoms with Gasteiger partial charge in [-0.2, -0.15) is 0 Å². The number of rotatable bonds is 12. The third kappa shape index (κ3) is 6.87. The van der Waals surface area contributed by atoms with Crippen LogP contribution in [0.4, 0.5) is 11.4 Å². The Morgan fingerprint density at radius 1 is 0.439 bits per heavy atom. The summed E-state index contributed by atoms with van der Waals surface area (Å²) in [7, 11) is 0. The van der Waals surface area contributed by atoms with Crippen molar-refractivity contribution in [1.29, 1.82) is 0 Å². The van der Waals surface area contributed by atoms with E-state index < -0.39 is 28.8 Å². The highest BCUT2D eigenvalue weighted by atomic mass is 16.7. The maximum Gasteiger partial charge on any atom is 0.238 e. The van der Waals surface area contributed by atoms with Gasteiger partial charge in [0, 0.05) is 11.4 Å². The number of carbonyl (C=O) groups excluding carboxylic acids is 2. The Bertz CT molecular complexity index is 2200. The van der Waals surface area contributed by atoms with Gasteiger partial charge in [0.05, 0.1) is 36.1 Å². The first-order chi connectivity index (χ1) is 27.7. The highest BCUT2D eigenvalue weighted by molar-refractivity contribution is 6.09. The number of hydrogen-bond acceptors (Lipinski definition) is 4. The van der Waals surface area contributed by atoms with E-state index in [0.717, 1.165) is 44.8 Å². The van der Waals surface area contributed by atoms with Gasteiger partial charge in [0.15, 0.2) is 5.79 Å². The molecule has 6 nitrogen and oxygen atoms in total. The maximum atomic E-state index is 15.4. The van der Waals surface area contributed by atoms with Crippen molar-refractivity contribution in [2.24, 2.45) is 0 Å². The van der Waals surface area contributed by atoms with Gasteiger partial charge in [0.2, 0.25) is 11.8 Å². The monoisotopic (exact) mass is 752 g/mol. The Balaban J connectivity index is 1.14. The van der Waals surface area contributed by atoms with E-state index in [2.05, 4.69) is 72.8 Å². The molecule has 0 saturated carbocycles. The Kier molecular flexibility index (Phi) is 9.63. The van der Waals surface area contributed by atoms with E-state index in [-0.39, 0.29) is 11.8 Å². The molecule has 0 unspecified atom stereocenters. The molecule has 0 bridgehead atoms. The standard InChI is InChI=1S/C51H48N2O4/c1-49(2)56-45(33-50(31-37-19-7-3-8-20-37)41-27-15-17-29-43(41)52(47(50)54)35-39-23-11-5-12-24-39)46(57-49)34-51(32-38-21-9-4-10-22-38)42-28-16-18-30-44(42)53(48(51)55)36-40-25-13-6-14-26-40/h3-30,45-46H,31-36H2,1-2H3/t45-,46-,50-,51-/m0/s1. The van der Waals surface area contributed by atoms with E-state index in [1.54, 1.807) is 0 Å². The van der Waals surface area contributed by atoms with E-state index in [4.69, 9.17) is 9.47 Å². The van der Waals surface area contributed by atoms with Gasteiger partial charge in [-0.25, -0.2) is 0 Å². The van der Waals surface area contributed by atoms with Gasteiger partial charge in [-0.1, -0.05) is 158 Å². The molecular formula is C51H48N2O4. The lowest BCUT2D eigenvalue weighted by atomic mass is 9.68. The second-order valence-electron chi connectivity index (χ2n) is 16.4. The Labute approximate surface area is 335 Å². The molecule has 1 fully saturated rings. The van der Waals surface area contributed by atoms with Gasteiger partial charge in [-0.15, -0.1) is 0 Å². The van der Waals surface area contributed by atoms with Crippen LogP contribution in [0.2, 0.25) is 0 Å². The molecule has 6 heteroatoms. The van der Waals surface area contributed by atoms with Gasteiger partial charge >= 0.3 is 0 Å². The summed E-state index contributed by atoms with van der Waals surface area (Å²) in [5.74, 6) is -0.829. The van der Waals surface area contributed by atoms with E-state index in [1.807, 2.05) is 121 Å². The van der Waals surface area contributed by atoms with Crippen molar-refractivity contribution in [1.82, 2.24) is 0 Å². The van der Waals surface area contributed by atoms with E-state index >= 15 is 9.59 Å². The predicted molar refractivity (Wildman–Crippen MR) is 225 cm³/mol. The molecule has 0 aliphatic carbocycles. The molecule has 0 N–H and O–H groups in total. The Morgan fingerprint density at radius 2 is 0.754 bits per heavy atom. The molecule has 4 atom stereocenters. The van der Waals surface area contributed by atoms with Gasteiger partial charge in [0.25, 0.3) is 0 Å². The third-order valence-electron chi connectivity index (χ3n) is 12.2. The number of benzene rings is 6. The van der Waals surface area contributed by atoms with Crippen LogP contribution in [0, 0.1) is 0 Å². The highest BCUT2D eigenvalue weighted by Crippen LogP contribution is 2.53. The summed E-state index contributed by atoms with van der Waals surface area (Å²) < 4.78 is 13.9. The average molecular weight is 753 g/mol. The maximum absolute atomic E-state index is 15.4. The summed E-state index contributed by atoms with van der Waals surface area (Å²) in [5.41, 5.74) is 6.25. The summed E-state index contributed by atoms with van der Waals surface area (Å²) in [4.78, 5) is 34.7. The smallest absolute Gasteiger partial charge is 0.238 e. The zero-order chi connectivity index (χ0) is 39.0. The SMILES string of the molecule is CC1(C)O[C@@H](C[C@]2(Cc3ccccc3)C(=O)N(Cc3ccccc3)c3ccccc32)[C@H](C[C@]2(Cc3ccccc3)C(=O)N(Cc3ccccc3)c3ccccc32)O1. The first kappa shape index (κ1) is 36.8. The molecule has 1 saturated heterocycles. The lowest BCUT2D eigenvalue weighted by molar-refractivity contribution is -0.151. The number of hydrogen-bond donors (Lipinski definition) is 0. The summed E-state index contributed by atoms with van der Waals surface area (Å²) >= 11 is 0. The van der Waals surface area contributed by atoms with E-state index in [0.29, 0.717) is 38.8 Å². The van der Waals surface area contributed by atoms with Crippen molar-refractivity contribution in [3.8, 4) is 0 Å². The molecule has 3 heterocycles. The molecule has 286 valence electrons. The minimum atomic E-state index is -0.942. The fraction of sp³-hybridized carbons (Fsp3) is 0.255. The van der Waals surface area contributed by atoms with Gasteiger partial charge in [-0.3, -0.25) is 9.59 Å². The molecular weight excluding hydrogens is 705 g/mol. The fourth-order valence-electron chi connectivity index (χ4n) is 9.75. The van der Waals surface area contributed by atoms with Crippen LogP contribution in [0.3, 0.4) is 0 Å². The van der Waals surface area contributed by atoms with Gasteiger partial charge in [0.1, 0.15) is 0 Å². The summed E-state index contributed by atoms with van der Waals surface area (Å²) in [5, 5.41) is 0. The van der Waals surface area contributed by atoms with Gasteiger partial charge < -0.3 is 19.3 Å². The zero-order valence-corrected chi connectivity index (χ0v) is 32.6. The van der Waals surface area contributed by atoms with Crippen LogP contribution in [0.25, 0.3) is 0 Å². The minimum Gasteiger partial charge on any atom is -0.345 e. The number of fused-ring (bicyclic) bond motifs is 2. The van der Waals surface area contributed by atoms with Gasteiger partial charge in [-0.05, 0) is 85.0 Å². The van der Waals surface area contributed by atoms with Crippen molar-refractivity contribution in [3.05, 3.63) is 203 Å². The van der Waals surface area contributed by atoms with Crippen molar-refractivity contribution in [3.63, 3.8) is 0 Å². The quantitative estimate of drug-likeness (QED) is 0.125. The second-order valence-corrected chi connectivity index (χ2v) is 16.4. The van der Waals surface area contributed by atoms with Crippen LogP contribution in [-0.2, 0) is 55.8 Å². The molecule has 57 heavy (non-hydrogen) atoms. The lowest BCUT2D eigenvalue weighted by Gasteiger charge is -2.36. The Hall–Kier alpha value is -5.82. The number of anilines is 2. The number of nitrogens with zero attached hydrogens (tertiary/aromatic N) is 2. The van der Waals surface area contributed by atoms with Crippen LogP contribution < -0.4 is 9.80 Å². The van der Waals surface area contributed by atoms with E-state index in [9.17, 15) is 0 Å². The molecule has 9 rings (SSSR count). The molecule has 6 aromatic carbocycles. The van der Waals surface area contributed by atoms with Crippen LogP contribution in [0.1, 0.15) is 60.1 Å². The summed E-state index contributed by atoms with van der Waals surface area (Å²) in [6.07, 6.45) is 0.805. The first-order valence-electron chi connectivity index (χ1n) is 20.1. The molecule has 6 aromatic rings. The molecule has 3 aliphatic rings. The molecule has 0 radical (unpaired) electrons. The first-order valence-corrected chi connectivity index (χ1v) is 20.1. The topological polar surface area (TPSA) is 59.1 Å².